The van der Waals surface area contributed by atoms with Gasteiger partial charge in [0.2, 0.25) is 5.78 Å². The van der Waals surface area contributed by atoms with Gasteiger partial charge in [0.15, 0.2) is 11.5 Å². The number of hydrogen-bond acceptors (Lipinski definition) is 4. The fourth-order valence-electron chi connectivity index (χ4n) is 1.84. The first-order chi connectivity index (χ1) is 8.59. The van der Waals surface area contributed by atoms with Crippen LogP contribution in [0.1, 0.15) is 13.8 Å². The standard InChI is InChI=1S/C14H15NO3/c1-9(2)5-7-18-12-8-11(16)10-4-3-6-15-13(10)14(12)17/h3-6,8,10,13H,7H2,1-2H3. The van der Waals surface area contributed by atoms with Crippen LogP contribution in [-0.2, 0) is 14.3 Å². The second-order valence-corrected chi connectivity index (χ2v) is 4.52. The quantitative estimate of drug-likeness (QED) is 0.710. The summed E-state index contributed by atoms with van der Waals surface area (Å²) in [6.07, 6.45) is 8.09. The second kappa shape index (κ2) is 5.12. The molecule has 2 aliphatic rings. The average molecular weight is 245 g/mol. The SMILES string of the molecule is CC(C)=CCOC1=CC(=O)C2C=CC=NC2C1=O. The number of dihydropyridines is 1. The molecular formula is C14H15NO3. The topological polar surface area (TPSA) is 55.7 Å². The van der Waals surface area contributed by atoms with E-state index >= 15 is 0 Å². The van der Waals surface area contributed by atoms with Gasteiger partial charge in [-0.25, -0.2) is 0 Å². The minimum Gasteiger partial charge on any atom is -0.486 e. The number of allylic oxidation sites excluding steroid dienone is 3. The summed E-state index contributed by atoms with van der Waals surface area (Å²) in [5.74, 6) is -0.688. The largest absolute Gasteiger partial charge is 0.486 e. The summed E-state index contributed by atoms with van der Waals surface area (Å²) < 4.78 is 5.34. The van der Waals surface area contributed by atoms with E-state index in [-0.39, 0.29) is 17.3 Å². The summed E-state index contributed by atoms with van der Waals surface area (Å²) in [4.78, 5) is 28.0. The third-order valence-electron chi connectivity index (χ3n) is 2.84. The summed E-state index contributed by atoms with van der Waals surface area (Å²) in [5, 5.41) is 0. The molecule has 0 aromatic carbocycles. The minimum absolute atomic E-state index is 0.117. The second-order valence-electron chi connectivity index (χ2n) is 4.52. The van der Waals surface area contributed by atoms with Crippen molar-refractivity contribution in [3.63, 3.8) is 0 Å². The van der Waals surface area contributed by atoms with Gasteiger partial charge in [-0.1, -0.05) is 11.6 Å². The van der Waals surface area contributed by atoms with Crippen molar-refractivity contribution >= 4 is 17.8 Å². The lowest BCUT2D eigenvalue weighted by molar-refractivity contribution is -0.127. The lowest BCUT2D eigenvalue weighted by Crippen LogP contribution is -2.39. The summed E-state index contributed by atoms with van der Waals surface area (Å²) in [6, 6.07) is -0.644. The van der Waals surface area contributed by atoms with Gasteiger partial charge in [-0.3, -0.25) is 14.6 Å². The molecule has 2 unspecified atom stereocenters. The Morgan fingerprint density at radius 3 is 2.94 bits per heavy atom. The van der Waals surface area contributed by atoms with E-state index in [2.05, 4.69) is 4.99 Å². The number of nitrogens with zero attached hydrogens (tertiary/aromatic N) is 1. The third kappa shape index (κ3) is 2.47. The molecule has 4 heteroatoms. The normalized spacial score (nSPS) is 25.6. The number of aliphatic imine (C=N–C) groups is 1. The van der Waals surface area contributed by atoms with Crippen molar-refractivity contribution < 1.29 is 14.3 Å². The van der Waals surface area contributed by atoms with Crippen LogP contribution < -0.4 is 0 Å². The van der Waals surface area contributed by atoms with Gasteiger partial charge in [-0.15, -0.1) is 0 Å². The lowest BCUT2D eigenvalue weighted by atomic mass is 9.85. The van der Waals surface area contributed by atoms with Crippen LogP contribution in [0, 0.1) is 5.92 Å². The predicted octanol–water partition coefficient (Wildman–Crippen LogP) is 1.63. The molecule has 0 fully saturated rings. The van der Waals surface area contributed by atoms with Crippen LogP contribution in [0.25, 0.3) is 0 Å². The highest BCUT2D eigenvalue weighted by atomic mass is 16.5. The highest BCUT2D eigenvalue weighted by Gasteiger charge is 2.38. The minimum atomic E-state index is -0.644. The van der Waals surface area contributed by atoms with E-state index in [1.807, 2.05) is 19.9 Å². The van der Waals surface area contributed by atoms with Gasteiger partial charge in [0.05, 0.1) is 5.92 Å². The molecule has 0 N–H and O–H groups in total. The molecule has 0 aromatic rings. The fraction of sp³-hybridized carbons (Fsp3) is 0.357. The van der Waals surface area contributed by atoms with Crippen molar-refractivity contribution in [1.82, 2.24) is 0 Å². The van der Waals surface area contributed by atoms with Gasteiger partial charge < -0.3 is 4.74 Å². The number of hydrogen-bond donors (Lipinski definition) is 0. The number of Topliss-reactive ketones (excluding diaryl/α,β-unsaturated/α-hetero) is 1. The van der Waals surface area contributed by atoms with Crippen LogP contribution in [0.3, 0.4) is 0 Å². The van der Waals surface area contributed by atoms with Crippen LogP contribution in [0.15, 0.2) is 40.6 Å². The maximum atomic E-state index is 12.1. The Morgan fingerprint density at radius 2 is 2.22 bits per heavy atom. The van der Waals surface area contributed by atoms with Gasteiger partial charge in [0, 0.05) is 12.3 Å². The summed E-state index contributed by atoms with van der Waals surface area (Å²) in [7, 11) is 0. The Bertz CT molecular complexity index is 493. The van der Waals surface area contributed by atoms with E-state index in [0.717, 1.165) is 5.57 Å². The molecule has 0 bridgehead atoms. The van der Waals surface area contributed by atoms with Crippen LogP contribution in [0.5, 0.6) is 0 Å². The third-order valence-corrected chi connectivity index (χ3v) is 2.84. The Balaban J connectivity index is 2.14. The van der Waals surface area contributed by atoms with Gasteiger partial charge in [-0.2, -0.15) is 0 Å². The maximum Gasteiger partial charge on any atom is 0.222 e. The number of ether oxygens (including phenoxy) is 1. The zero-order valence-corrected chi connectivity index (χ0v) is 10.4. The van der Waals surface area contributed by atoms with Crippen molar-refractivity contribution in [3.05, 3.63) is 35.6 Å². The first-order valence-corrected chi connectivity index (χ1v) is 5.85. The molecule has 0 spiro atoms. The summed E-state index contributed by atoms with van der Waals surface area (Å²) in [6.45, 7) is 4.18. The fourth-order valence-corrected chi connectivity index (χ4v) is 1.84. The van der Waals surface area contributed by atoms with Crippen molar-refractivity contribution in [2.75, 3.05) is 6.61 Å². The monoisotopic (exact) mass is 245 g/mol. The van der Waals surface area contributed by atoms with Crippen molar-refractivity contribution in [1.29, 1.82) is 0 Å². The molecule has 18 heavy (non-hydrogen) atoms. The van der Waals surface area contributed by atoms with Gasteiger partial charge in [-0.05, 0) is 26.0 Å². The Labute approximate surface area is 106 Å². The van der Waals surface area contributed by atoms with Crippen LogP contribution in [0.4, 0.5) is 0 Å². The molecular weight excluding hydrogens is 230 g/mol. The lowest BCUT2D eigenvalue weighted by Gasteiger charge is -2.25. The molecule has 1 aliphatic heterocycles. The van der Waals surface area contributed by atoms with Crippen molar-refractivity contribution in [2.24, 2.45) is 10.9 Å². The highest BCUT2D eigenvalue weighted by Crippen LogP contribution is 2.24. The zero-order valence-electron chi connectivity index (χ0n) is 10.4. The summed E-state index contributed by atoms with van der Waals surface area (Å²) >= 11 is 0. The number of carbonyl (C=O) groups excluding carboxylic acids is 2. The molecule has 0 saturated carbocycles. The van der Waals surface area contributed by atoms with Crippen LogP contribution in [-0.4, -0.2) is 30.4 Å². The number of fused-ring (bicyclic) bond motifs is 1. The molecule has 1 heterocycles. The van der Waals surface area contributed by atoms with Gasteiger partial charge in [0.25, 0.3) is 0 Å². The first kappa shape index (κ1) is 12.5. The summed E-state index contributed by atoms with van der Waals surface area (Å²) in [5.41, 5.74) is 1.10. The van der Waals surface area contributed by atoms with Crippen molar-refractivity contribution in [2.45, 2.75) is 19.9 Å². The van der Waals surface area contributed by atoms with E-state index < -0.39 is 12.0 Å². The smallest absolute Gasteiger partial charge is 0.222 e. The molecule has 2 atom stereocenters. The Kier molecular flexibility index (Phi) is 3.55. The average Bonchev–Trinajstić information content (AvgIpc) is 2.35. The van der Waals surface area contributed by atoms with E-state index in [9.17, 15) is 9.59 Å². The molecule has 0 aromatic heterocycles. The van der Waals surface area contributed by atoms with Crippen molar-refractivity contribution in [3.8, 4) is 0 Å². The van der Waals surface area contributed by atoms with E-state index in [4.69, 9.17) is 4.74 Å². The molecule has 0 amide bonds. The predicted molar refractivity (Wildman–Crippen MR) is 68.4 cm³/mol. The Morgan fingerprint density at radius 1 is 1.44 bits per heavy atom. The zero-order chi connectivity index (χ0) is 13.1. The number of rotatable bonds is 3. The molecule has 0 saturated heterocycles. The molecule has 1 aliphatic carbocycles. The van der Waals surface area contributed by atoms with Crippen LogP contribution in [0.2, 0.25) is 0 Å². The van der Waals surface area contributed by atoms with Gasteiger partial charge >= 0.3 is 0 Å². The maximum absolute atomic E-state index is 12.1. The molecule has 0 radical (unpaired) electrons. The highest BCUT2D eigenvalue weighted by molar-refractivity contribution is 6.13. The Hall–Kier alpha value is -1.97. The van der Waals surface area contributed by atoms with Crippen LogP contribution >= 0.6 is 0 Å². The van der Waals surface area contributed by atoms with E-state index in [0.29, 0.717) is 6.61 Å². The molecule has 2 rings (SSSR count). The molecule has 94 valence electrons. The molecule has 4 nitrogen and oxygen atoms in total. The van der Waals surface area contributed by atoms with Gasteiger partial charge in [0.1, 0.15) is 12.6 Å². The number of carbonyl (C=O) groups is 2. The van der Waals surface area contributed by atoms with E-state index in [1.54, 1.807) is 18.4 Å². The number of ketones is 2. The first-order valence-electron chi connectivity index (χ1n) is 5.85. The van der Waals surface area contributed by atoms with E-state index in [1.165, 1.54) is 6.08 Å².